The number of benzene rings is 1. The van der Waals surface area contributed by atoms with Gasteiger partial charge in [-0.15, -0.1) is 0 Å². The molecule has 3 rings (SSSR count). The maximum absolute atomic E-state index is 6.22. The second-order valence-corrected chi connectivity index (χ2v) is 6.87. The van der Waals surface area contributed by atoms with Gasteiger partial charge in [0.15, 0.2) is 0 Å². The van der Waals surface area contributed by atoms with E-state index in [0.29, 0.717) is 6.04 Å². The van der Waals surface area contributed by atoms with Crippen molar-refractivity contribution in [2.24, 2.45) is 5.73 Å². The highest BCUT2D eigenvalue weighted by Gasteiger charge is 2.42. The quantitative estimate of drug-likeness (QED) is 0.923. The van der Waals surface area contributed by atoms with Gasteiger partial charge < -0.3 is 5.73 Å². The summed E-state index contributed by atoms with van der Waals surface area (Å²) in [4.78, 5) is 5.30. The van der Waals surface area contributed by atoms with E-state index in [0.717, 1.165) is 13.1 Å². The summed E-state index contributed by atoms with van der Waals surface area (Å²) in [6, 6.07) is 11.5. The van der Waals surface area contributed by atoms with Crippen LogP contribution in [0.1, 0.15) is 38.2 Å². The van der Waals surface area contributed by atoms with Gasteiger partial charge in [-0.25, -0.2) is 0 Å². The Labute approximate surface area is 129 Å². The number of rotatable bonds is 4. The van der Waals surface area contributed by atoms with Crippen LogP contribution in [0.4, 0.5) is 0 Å². The van der Waals surface area contributed by atoms with Crippen molar-refractivity contribution in [3.63, 3.8) is 0 Å². The zero-order valence-electron chi connectivity index (χ0n) is 13.3. The van der Waals surface area contributed by atoms with Gasteiger partial charge in [-0.3, -0.25) is 9.80 Å². The van der Waals surface area contributed by atoms with Crippen molar-refractivity contribution in [2.75, 3.05) is 26.2 Å². The first-order chi connectivity index (χ1) is 10.2. The molecule has 1 atom stereocenters. The topological polar surface area (TPSA) is 32.5 Å². The van der Waals surface area contributed by atoms with Crippen molar-refractivity contribution in [2.45, 2.75) is 50.7 Å². The van der Waals surface area contributed by atoms with Gasteiger partial charge in [0.25, 0.3) is 0 Å². The average Bonchev–Trinajstić information content (AvgIpc) is 2.96. The van der Waals surface area contributed by atoms with E-state index in [2.05, 4.69) is 47.1 Å². The number of piperidine rings is 1. The standard InChI is InChI=1S/C18H29N3/c1-16-6-5-11-21(16)18(15-19)9-12-20(13-10-18)14-17-7-3-2-4-8-17/h2-4,7-8,16H,5-6,9-15,19H2,1H3. The van der Waals surface area contributed by atoms with Crippen molar-refractivity contribution < 1.29 is 0 Å². The molecule has 2 aliphatic heterocycles. The van der Waals surface area contributed by atoms with Crippen LogP contribution in [0.25, 0.3) is 0 Å². The molecular weight excluding hydrogens is 258 g/mol. The summed E-state index contributed by atoms with van der Waals surface area (Å²) in [5.74, 6) is 0. The molecule has 2 aliphatic rings. The van der Waals surface area contributed by atoms with Crippen LogP contribution in [0.3, 0.4) is 0 Å². The minimum absolute atomic E-state index is 0.267. The van der Waals surface area contributed by atoms with Crippen LogP contribution in [0.5, 0.6) is 0 Å². The Morgan fingerprint density at radius 2 is 1.86 bits per heavy atom. The molecule has 1 aromatic carbocycles. The monoisotopic (exact) mass is 287 g/mol. The summed E-state index contributed by atoms with van der Waals surface area (Å²) in [7, 11) is 0. The molecule has 0 spiro atoms. The van der Waals surface area contributed by atoms with Crippen LogP contribution in [-0.4, -0.2) is 47.6 Å². The molecule has 1 aromatic rings. The third kappa shape index (κ3) is 3.15. The Bertz CT molecular complexity index is 437. The summed E-state index contributed by atoms with van der Waals surface area (Å²) in [5, 5.41) is 0. The molecular formula is C18H29N3. The highest BCUT2D eigenvalue weighted by atomic mass is 15.3. The molecule has 2 saturated heterocycles. The number of hydrogen-bond donors (Lipinski definition) is 1. The molecule has 0 saturated carbocycles. The van der Waals surface area contributed by atoms with Gasteiger partial charge in [-0.1, -0.05) is 30.3 Å². The lowest BCUT2D eigenvalue weighted by Gasteiger charge is -2.49. The fourth-order valence-electron chi connectivity index (χ4n) is 4.22. The summed E-state index contributed by atoms with van der Waals surface area (Å²) in [6.07, 6.45) is 5.13. The second-order valence-electron chi connectivity index (χ2n) is 6.87. The predicted molar refractivity (Wildman–Crippen MR) is 88.1 cm³/mol. The lowest BCUT2D eigenvalue weighted by Crippen LogP contribution is -2.60. The summed E-state index contributed by atoms with van der Waals surface area (Å²) >= 11 is 0. The van der Waals surface area contributed by atoms with Gasteiger partial charge in [-0.2, -0.15) is 0 Å². The number of hydrogen-bond acceptors (Lipinski definition) is 3. The minimum atomic E-state index is 0.267. The van der Waals surface area contributed by atoms with Crippen molar-refractivity contribution in [1.82, 2.24) is 9.80 Å². The molecule has 3 nitrogen and oxygen atoms in total. The number of nitrogens with two attached hydrogens (primary N) is 1. The van der Waals surface area contributed by atoms with E-state index in [1.54, 1.807) is 0 Å². The van der Waals surface area contributed by atoms with Gasteiger partial charge in [-0.05, 0) is 44.7 Å². The maximum Gasteiger partial charge on any atom is 0.0358 e. The van der Waals surface area contributed by atoms with Gasteiger partial charge in [0.1, 0.15) is 0 Å². The molecule has 21 heavy (non-hydrogen) atoms. The zero-order chi connectivity index (χ0) is 14.7. The Kier molecular flexibility index (Phi) is 4.63. The number of nitrogens with zero attached hydrogens (tertiary/aromatic N) is 2. The third-order valence-corrected chi connectivity index (χ3v) is 5.58. The van der Waals surface area contributed by atoms with Crippen LogP contribution in [0.15, 0.2) is 30.3 Å². The first-order valence-corrected chi connectivity index (χ1v) is 8.47. The van der Waals surface area contributed by atoms with Crippen molar-refractivity contribution in [3.8, 4) is 0 Å². The Morgan fingerprint density at radius 1 is 1.14 bits per heavy atom. The van der Waals surface area contributed by atoms with Crippen molar-refractivity contribution in [1.29, 1.82) is 0 Å². The minimum Gasteiger partial charge on any atom is -0.329 e. The smallest absolute Gasteiger partial charge is 0.0358 e. The van der Waals surface area contributed by atoms with Crippen LogP contribution < -0.4 is 5.73 Å². The third-order valence-electron chi connectivity index (χ3n) is 5.58. The summed E-state index contributed by atoms with van der Waals surface area (Å²) < 4.78 is 0. The normalized spacial score (nSPS) is 27.0. The summed E-state index contributed by atoms with van der Waals surface area (Å²) in [6.45, 7) is 7.87. The van der Waals surface area contributed by atoms with E-state index >= 15 is 0 Å². The Hall–Kier alpha value is -0.900. The van der Waals surface area contributed by atoms with Crippen molar-refractivity contribution >= 4 is 0 Å². The summed E-state index contributed by atoms with van der Waals surface area (Å²) in [5.41, 5.74) is 7.91. The van der Waals surface area contributed by atoms with Crippen LogP contribution in [0, 0.1) is 0 Å². The average molecular weight is 287 g/mol. The second kappa shape index (κ2) is 6.47. The van der Waals surface area contributed by atoms with E-state index < -0.39 is 0 Å². The molecule has 0 amide bonds. The van der Waals surface area contributed by atoms with Crippen LogP contribution in [-0.2, 0) is 6.54 Å². The van der Waals surface area contributed by atoms with Crippen molar-refractivity contribution in [3.05, 3.63) is 35.9 Å². The molecule has 0 bridgehead atoms. The molecule has 2 heterocycles. The van der Waals surface area contributed by atoms with E-state index in [1.807, 2.05) is 0 Å². The zero-order valence-corrected chi connectivity index (χ0v) is 13.3. The van der Waals surface area contributed by atoms with Crippen LogP contribution in [0.2, 0.25) is 0 Å². The molecule has 0 aromatic heterocycles. The van der Waals surface area contributed by atoms with E-state index in [-0.39, 0.29) is 5.54 Å². The molecule has 3 heteroatoms. The lowest BCUT2D eigenvalue weighted by atomic mass is 9.85. The first kappa shape index (κ1) is 15.0. The SMILES string of the molecule is CC1CCCN1C1(CN)CCN(Cc2ccccc2)CC1. The van der Waals surface area contributed by atoms with Gasteiger partial charge in [0.2, 0.25) is 0 Å². The fraction of sp³-hybridized carbons (Fsp3) is 0.667. The molecule has 1 unspecified atom stereocenters. The predicted octanol–water partition coefficient (Wildman–Crippen LogP) is 2.46. The highest BCUT2D eigenvalue weighted by molar-refractivity contribution is 5.14. The molecule has 2 N–H and O–H groups in total. The highest BCUT2D eigenvalue weighted by Crippen LogP contribution is 2.34. The largest absolute Gasteiger partial charge is 0.329 e. The molecule has 0 aliphatic carbocycles. The van der Waals surface area contributed by atoms with Gasteiger partial charge in [0.05, 0.1) is 0 Å². The Morgan fingerprint density at radius 3 is 2.43 bits per heavy atom. The van der Waals surface area contributed by atoms with Gasteiger partial charge in [0, 0.05) is 37.8 Å². The fourth-order valence-corrected chi connectivity index (χ4v) is 4.22. The van der Waals surface area contributed by atoms with Crippen LogP contribution >= 0.6 is 0 Å². The lowest BCUT2D eigenvalue weighted by molar-refractivity contribution is 0.0198. The first-order valence-electron chi connectivity index (χ1n) is 8.47. The molecule has 116 valence electrons. The van der Waals surface area contributed by atoms with E-state index in [4.69, 9.17) is 5.73 Å². The van der Waals surface area contributed by atoms with E-state index in [9.17, 15) is 0 Å². The van der Waals surface area contributed by atoms with E-state index in [1.165, 1.54) is 50.9 Å². The number of likely N-dealkylation sites (tertiary alicyclic amines) is 2. The maximum atomic E-state index is 6.22. The van der Waals surface area contributed by atoms with Gasteiger partial charge >= 0.3 is 0 Å². The Balaban J connectivity index is 1.60. The molecule has 2 fully saturated rings. The molecule has 0 radical (unpaired) electrons.